The summed E-state index contributed by atoms with van der Waals surface area (Å²) in [6.07, 6.45) is 3.86. The molecule has 2 aromatic heterocycles. The van der Waals surface area contributed by atoms with Crippen molar-refractivity contribution in [2.45, 2.75) is 38.3 Å². The first kappa shape index (κ1) is 19.1. The molecule has 152 valence electrons. The number of hydrogen-bond acceptors (Lipinski definition) is 5. The van der Waals surface area contributed by atoms with Crippen LogP contribution in [0.15, 0.2) is 51.5 Å². The van der Waals surface area contributed by atoms with E-state index in [1.165, 1.54) is 6.26 Å². The minimum atomic E-state index is -0.525. The lowest BCUT2D eigenvalue weighted by Crippen LogP contribution is -2.52. The van der Waals surface area contributed by atoms with Crippen LogP contribution in [-0.4, -0.2) is 36.4 Å². The van der Waals surface area contributed by atoms with Crippen LogP contribution in [0.1, 0.15) is 48.5 Å². The van der Waals surface area contributed by atoms with Crippen molar-refractivity contribution in [1.29, 1.82) is 0 Å². The number of methoxy groups -OCH3 is 1. The molecule has 0 bridgehead atoms. The summed E-state index contributed by atoms with van der Waals surface area (Å²) in [5.41, 5.74) is 0.651. The number of ether oxygens (including phenoxy) is 1. The van der Waals surface area contributed by atoms with Crippen LogP contribution in [0.25, 0.3) is 11.0 Å². The first-order valence-corrected chi connectivity index (χ1v) is 9.80. The van der Waals surface area contributed by atoms with Crippen LogP contribution in [0.3, 0.4) is 0 Å². The molecule has 29 heavy (non-hydrogen) atoms. The van der Waals surface area contributed by atoms with Crippen molar-refractivity contribution >= 4 is 22.8 Å². The van der Waals surface area contributed by atoms with Gasteiger partial charge in [-0.3, -0.25) is 9.59 Å². The van der Waals surface area contributed by atoms with E-state index in [4.69, 9.17) is 13.6 Å². The van der Waals surface area contributed by atoms with Gasteiger partial charge in [0.25, 0.3) is 5.91 Å². The smallest absolute Gasteiger partial charge is 0.290 e. The van der Waals surface area contributed by atoms with Crippen LogP contribution >= 0.6 is 0 Å². The maximum Gasteiger partial charge on any atom is 0.290 e. The molecule has 2 unspecified atom stereocenters. The molecular formula is C22H24N2O5. The number of nitrogens with one attached hydrogen (secondary N) is 1. The molecule has 1 N–H and O–H groups in total. The van der Waals surface area contributed by atoms with Gasteiger partial charge in [-0.1, -0.05) is 12.1 Å². The molecule has 0 saturated carbocycles. The minimum Gasteiger partial charge on any atom is -0.493 e. The van der Waals surface area contributed by atoms with Gasteiger partial charge in [-0.2, -0.15) is 0 Å². The third-order valence-corrected chi connectivity index (χ3v) is 5.33. The van der Waals surface area contributed by atoms with Gasteiger partial charge >= 0.3 is 0 Å². The minimum absolute atomic E-state index is 0.190. The number of amides is 2. The topological polar surface area (TPSA) is 84.9 Å². The lowest BCUT2D eigenvalue weighted by Gasteiger charge is -2.34. The molecule has 3 heterocycles. The highest BCUT2D eigenvalue weighted by atomic mass is 16.5. The third kappa shape index (κ3) is 3.72. The molecule has 7 heteroatoms. The van der Waals surface area contributed by atoms with Crippen molar-refractivity contribution in [3.63, 3.8) is 0 Å². The zero-order valence-corrected chi connectivity index (χ0v) is 16.5. The fourth-order valence-electron chi connectivity index (χ4n) is 3.80. The number of furan rings is 2. The number of hydrogen-bond donors (Lipinski definition) is 1. The van der Waals surface area contributed by atoms with Crippen LogP contribution in [-0.2, 0) is 4.79 Å². The summed E-state index contributed by atoms with van der Waals surface area (Å²) in [6, 6.07) is 9.98. The Kier molecular flexibility index (Phi) is 5.29. The third-order valence-electron chi connectivity index (χ3n) is 5.33. The molecule has 2 amide bonds. The summed E-state index contributed by atoms with van der Waals surface area (Å²) >= 11 is 0. The van der Waals surface area contributed by atoms with E-state index in [9.17, 15) is 9.59 Å². The fraction of sp³-hybridized carbons (Fsp3) is 0.364. The number of carbonyl (C=O) groups is 2. The number of carbonyl (C=O) groups excluding carboxylic acids is 2. The number of para-hydroxylation sites is 1. The molecule has 1 aliphatic heterocycles. The van der Waals surface area contributed by atoms with E-state index >= 15 is 0 Å². The Balaban J connectivity index is 1.50. The van der Waals surface area contributed by atoms with Gasteiger partial charge < -0.3 is 23.8 Å². The molecule has 0 spiro atoms. The number of benzene rings is 1. The van der Waals surface area contributed by atoms with Gasteiger partial charge in [-0.15, -0.1) is 0 Å². The number of rotatable bonds is 5. The molecule has 2 atom stereocenters. The quantitative estimate of drug-likeness (QED) is 0.707. The highest BCUT2D eigenvalue weighted by molar-refractivity contribution is 5.95. The van der Waals surface area contributed by atoms with Crippen molar-refractivity contribution in [2.24, 2.45) is 0 Å². The Morgan fingerprint density at radius 3 is 2.86 bits per heavy atom. The number of likely N-dealkylation sites (tertiary alicyclic amines) is 1. The lowest BCUT2D eigenvalue weighted by molar-refractivity contribution is -0.127. The summed E-state index contributed by atoms with van der Waals surface area (Å²) in [7, 11) is 1.59. The summed E-state index contributed by atoms with van der Waals surface area (Å²) in [6.45, 7) is 2.40. The highest BCUT2D eigenvalue weighted by Gasteiger charge is 2.34. The van der Waals surface area contributed by atoms with Gasteiger partial charge in [0.05, 0.1) is 19.4 Å². The van der Waals surface area contributed by atoms with Gasteiger partial charge in [-0.25, -0.2) is 0 Å². The summed E-state index contributed by atoms with van der Waals surface area (Å²) in [5, 5.41) is 3.91. The fourth-order valence-corrected chi connectivity index (χ4v) is 3.80. The monoisotopic (exact) mass is 396 g/mol. The van der Waals surface area contributed by atoms with Gasteiger partial charge in [0.2, 0.25) is 5.91 Å². The van der Waals surface area contributed by atoms with E-state index in [0.717, 1.165) is 18.2 Å². The second-order valence-corrected chi connectivity index (χ2v) is 7.25. The van der Waals surface area contributed by atoms with Crippen LogP contribution in [0.2, 0.25) is 0 Å². The highest BCUT2D eigenvalue weighted by Crippen LogP contribution is 2.31. The largest absolute Gasteiger partial charge is 0.493 e. The second-order valence-electron chi connectivity index (χ2n) is 7.25. The van der Waals surface area contributed by atoms with E-state index in [1.54, 1.807) is 24.1 Å². The average Bonchev–Trinajstić information content (AvgIpc) is 3.42. The van der Waals surface area contributed by atoms with E-state index < -0.39 is 6.04 Å². The molecule has 0 radical (unpaired) electrons. The standard InChI is InChI=1S/C22H24N2O5/c1-14(19-13-15-7-5-9-17(27-2)20(15)29-19)23-21(25)16-8-3-4-11-24(16)22(26)18-10-6-12-28-18/h5-7,9-10,12-14,16H,3-4,8,11H2,1-2H3,(H,23,25). The average molecular weight is 396 g/mol. The maximum absolute atomic E-state index is 13.0. The van der Waals surface area contributed by atoms with E-state index in [0.29, 0.717) is 30.1 Å². The van der Waals surface area contributed by atoms with Crippen LogP contribution in [0.5, 0.6) is 5.75 Å². The van der Waals surface area contributed by atoms with Gasteiger partial charge in [0, 0.05) is 11.9 Å². The summed E-state index contributed by atoms with van der Waals surface area (Å²) in [4.78, 5) is 27.3. The second kappa shape index (κ2) is 8.03. The summed E-state index contributed by atoms with van der Waals surface area (Å²) < 4.78 is 16.5. The summed E-state index contributed by atoms with van der Waals surface area (Å²) in [5.74, 6) is 1.09. The Morgan fingerprint density at radius 1 is 1.24 bits per heavy atom. The van der Waals surface area contributed by atoms with Crippen molar-refractivity contribution < 1.29 is 23.2 Å². The molecule has 1 aromatic carbocycles. The first-order chi connectivity index (χ1) is 14.1. The van der Waals surface area contributed by atoms with Gasteiger partial charge in [-0.05, 0) is 50.5 Å². The Hall–Kier alpha value is -3.22. The molecule has 4 rings (SSSR count). The maximum atomic E-state index is 13.0. The molecule has 1 fully saturated rings. The SMILES string of the molecule is COc1cccc2cc(C(C)NC(=O)C3CCCCN3C(=O)c3ccco3)oc12. The van der Waals surface area contributed by atoms with Gasteiger partial charge in [0.1, 0.15) is 11.8 Å². The normalized spacial score (nSPS) is 17.9. The Bertz CT molecular complexity index is 1010. The number of piperidine rings is 1. The van der Waals surface area contributed by atoms with Crippen molar-refractivity contribution in [1.82, 2.24) is 10.2 Å². The van der Waals surface area contributed by atoms with E-state index in [2.05, 4.69) is 5.32 Å². The number of nitrogens with zero attached hydrogens (tertiary/aromatic N) is 1. The van der Waals surface area contributed by atoms with Crippen LogP contribution < -0.4 is 10.1 Å². The van der Waals surface area contributed by atoms with Gasteiger partial charge in [0.15, 0.2) is 17.1 Å². The molecule has 1 aliphatic rings. The molecular weight excluding hydrogens is 372 g/mol. The van der Waals surface area contributed by atoms with E-state index in [-0.39, 0.29) is 23.6 Å². The predicted octanol–water partition coefficient (Wildman–Crippen LogP) is 3.91. The first-order valence-electron chi connectivity index (χ1n) is 9.80. The zero-order chi connectivity index (χ0) is 20.4. The molecule has 7 nitrogen and oxygen atoms in total. The molecule has 1 saturated heterocycles. The van der Waals surface area contributed by atoms with Crippen molar-refractivity contribution in [2.75, 3.05) is 13.7 Å². The van der Waals surface area contributed by atoms with E-state index in [1.807, 2.05) is 31.2 Å². The van der Waals surface area contributed by atoms with Crippen LogP contribution in [0.4, 0.5) is 0 Å². The van der Waals surface area contributed by atoms with Crippen molar-refractivity contribution in [3.8, 4) is 5.75 Å². The zero-order valence-electron chi connectivity index (χ0n) is 16.5. The Morgan fingerprint density at radius 2 is 2.10 bits per heavy atom. The molecule has 3 aromatic rings. The number of fused-ring (bicyclic) bond motifs is 1. The van der Waals surface area contributed by atoms with Crippen molar-refractivity contribution in [3.05, 3.63) is 54.2 Å². The van der Waals surface area contributed by atoms with Crippen LogP contribution in [0, 0.1) is 0 Å². The molecule has 0 aliphatic carbocycles. The Labute approximate surface area is 168 Å². The lowest BCUT2D eigenvalue weighted by atomic mass is 10.0. The predicted molar refractivity (Wildman–Crippen MR) is 107 cm³/mol.